The average molecular weight is 283 g/mol. The van der Waals surface area contributed by atoms with Gasteiger partial charge in [-0.05, 0) is 43.9 Å². The van der Waals surface area contributed by atoms with Crippen LogP contribution in [-0.2, 0) is 16.4 Å². The molecule has 1 aromatic carbocycles. The fourth-order valence-corrected chi connectivity index (χ4v) is 4.07. The normalized spacial score (nSPS) is 18.6. The maximum absolute atomic E-state index is 12.3. The van der Waals surface area contributed by atoms with E-state index in [4.69, 9.17) is 5.11 Å². The standard InChI is InChI=1S/C14H21NO3S/c1-14(9-2-3-10-14)15-19(17,18)13-6-4-12(5-7-13)8-11-16/h4-7,15-16H,2-3,8-11H2,1H3. The zero-order chi connectivity index (χ0) is 13.9. The van der Waals surface area contributed by atoms with Crippen molar-refractivity contribution < 1.29 is 13.5 Å². The Morgan fingerprint density at radius 3 is 2.32 bits per heavy atom. The highest BCUT2D eigenvalue weighted by molar-refractivity contribution is 7.89. The van der Waals surface area contributed by atoms with Crippen molar-refractivity contribution in [3.63, 3.8) is 0 Å². The zero-order valence-electron chi connectivity index (χ0n) is 11.2. The van der Waals surface area contributed by atoms with E-state index in [0.717, 1.165) is 31.2 Å². The van der Waals surface area contributed by atoms with E-state index in [1.165, 1.54) is 0 Å². The van der Waals surface area contributed by atoms with E-state index in [2.05, 4.69) is 4.72 Å². The van der Waals surface area contributed by atoms with Crippen molar-refractivity contribution in [3.8, 4) is 0 Å². The van der Waals surface area contributed by atoms with Gasteiger partial charge in [0.25, 0.3) is 0 Å². The Kier molecular flexibility index (Phi) is 4.28. The van der Waals surface area contributed by atoms with Crippen LogP contribution in [0.3, 0.4) is 0 Å². The summed E-state index contributed by atoms with van der Waals surface area (Å²) in [6, 6.07) is 6.71. The van der Waals surface area contributed by atoms with Gasteiger partial charge in [0, 0.05) is 12.1 Å². The topological polar surface area (TPSA) is 66.4 Å². The maximum Gasteiger partial charge on any atom is 0.241 e. The van der Waals surface area contributed by atoms with Gasteiger partial charge >= 0.3 is 0 Å². The summed E-state index contributed by atoms with van der Waals surface area (Å²) in [5, 5.41) is 8.84. The summed E-state index contributed by atoms with van der Waals surface area (Å²) in [6.07, 6.45) is 4.50. The van der Waals surface area contributed by atoms with Crippen molar-refractivity contribution in [2.75, 3.05) is 6.61 Å². The first-order valence-electron chi connectivity index (χ1n) is 6.69. The molecule has 1 fully saturated rings. The van der Waals surface area contributed by atoms with Crippen LogP contribution in [0.4, 0.5) is 0 Å². The predicted octanol–water partition coefficient (Wildman–Crippen LogP) is 1.83. The maximum atomic E-state index is 12.3. The number of rotatable bonds is 5. The van der Waals surface area contributed by atoms with Crippen LogP contribution in [-0.4, -0.2) is 25.7 Å². The van der Waals surface area contributed by atoms with Crippen LogP contribution in [0.5, 0.6) is 0 Å². The highest BCUT2D eigenvalue weighted by Crippen LogP contribution is 2.30. The number of nitrogens with one attached hydrogen (secondary N) is 1. The van der Waals surface area contributed by atoms with Crippen molar-refractivity contribution in [1.29, 1.82) is 0 Å². The van der Waals surface area contributed by atoms with Crippen molar-refractivity contribution >= 4 is 10.0 Å². The quantitative estimate of drug-likeness (QED) is 0.866. The number of hydrogen-bond acceptors (Lipinski definition) is 3. The van der Waals surface area contributed by atoms with Gasteiger partial charge in [-0.1, -0.05) is 25.0 Å². The first-order chi connectivity index (χ1) is 8.95. The third kappa shape index (κ3) is 3.55. The lowest BCUT2D eigenvalue weighted by atomic mass is 10.0. The molecule has 0 atom stereocenters. The minimum atomic E-state index is -3.45. The van der Waals surface area contributed by atoms with Gasteiger partial charge in [0.1, 0.15) is 0 Å². The second-order valence-corrected chi connectivity index (χ2v) is 7.17. The predicted molar refractivity (Wildman–Crippen MR) is 74.4 cm³/mol. The highest BCUT2D eigenvalue weighted by Gasteiger charge is 2.33. The van der Waals surface area contributed by atoms with Gasteiger partial charge < -0.3 is 5.11 Å². The highest BCUT2D eigenvalue weighted by atomic mass is 32.2. The Morgan fingerprint density at radius 2 is 1.79 bits per heavy atom. The molecule has 0 heterocycles. The zero-order valence-corrected chi connectivity index (χ0v) is 12.0. The molecular formula is C14H21NO3S. The molecule has 0 unspecified atom stereocenters. The summed E-state index contributed by atoms with van der Waals surface area (Å²) in [5.74, 6) is 0. The fourth-order valence-electron chi connectivity index (χ4n) is 2.61. The molecule has 0 saturated heterocycles. The van der Waals surface area contributed by atoms with Crippen LogP contribution >= 0.6 is 0 Å². The van der Waals surface area contributed by atoms with Crippen LogP contribution in [0.15, 0.2) is 29.2 Å². The van der Waals surface area contributed by atoms with E-state index in [1.54, 1.807) is 24.3 Å². The second kappa shape index (κ2) is 5.61. The van der Waals surface area contributed by atoms with Crippen LogP contribution in [0, 0.1) is 0 Å². The molecule has 2 rings (SSSR count). The Balaban J connectivity index is 2.15. The molecular weight excluding hydrogens is 262 g/mol. The van der Waals surface area contributed by atoms with E-state index in [9.17, 15) is 8.42 Å². The Morgan fingerprint density at radius 1 is 1.21 bits per heavy atom. The summed E-state index contributed by atoms with van der Waals surface area (Å²) in [7, 11) is -3.45. The van der Waals surface area contributed by atoms with Crippen molar-refractivity contribution in [3.05, 3.63) is 29.8 Å². The minimum Gasteiger partial charge on any atom is -0.396 e. The van der Waals surface area contributed by atoms with E-state index < -0.39 is 10.0 Å². The number of aliphatic hydroxyl groups excluding tert-OH is 1. The Bertz CT molecular complexity index is 516. The van der Waals surface area contributed by atoms with Gasteiger partial charge in [0.2, 0.25) is 10.0 Å². The van der Waals surface area contributed by atoms with Crippen LogP contribution in [0.1, 0.15) is 38.2 Å². The van der Waals surface area contributed by atoms with E-state index in [0.29, 0.717) is 11.3 Å². The lowest BCUT2D eigenvalue weighted by Crippen LogP contribution is -2.43. The van der Waals surface area contributed by atoms with Crippen LogP contribution in [0.2, 0.25) is 0 Å². The lowest BCUT2D eigenvalue weighted by molar-refractivity contribution is 0.299. The minimum absolute atomic E-state index is 0.0718. The molecule has 0 aliphatic heterocycles. The Hall–Kier alpha value is -0.910. The smallest absolute Gasteiger partial charge is 0.241 e. The van der Waals surface area contributed by atoms with Crippen molar-refractivity contribution in [2.24, 2.45) is 0 Å². The molecule has 0 amide bonds. The summed E-state index contributed by atoms with van der Waals surface area (Å²) in [5.41, 5.74) is 0.635. The van der Waals surface area contributed by atoms with Crippen LogP contribution in [0.25, 0.3) is 0 Å². The van der Waals surface area contributed by atoms with Gasteiger partial charge in [0.05, 0.1) is 4.90 Å². The number of hydrogen-bond donors (Lipinski definition) is 2. The van der Waals surface area contributed by atoms with Gasteiger partial charge in [-0.2, -0.15) is 0 Å². The molecule has 0 aromatic heterocycles. The molecule has 4 nitrogen and oxygen atoms in total. The molecule has 19 heavy (non-hydrogen) atoms. The Labute approximate surface area is 114 Å². The van der Waals surface area contributed by atoms with Gasteiger partial charge in [-0.3, -0.25) is 0 Å². The first-order valence-corrected chi connectivity index (χ1v) is 8.17. The molecule has 0 spiro atoms. The first kappa shape index (κ1) is 14.5. The number of sulfonamides is 1. The van der Waals surface area contributed by atoms with E-state index >= 15 is 0 Å². The molecule has 1 saturated carbocycles. The van der Waals surface area contributed by atoms with E-state index in [-0.39, 0.29) is 12.1 Å². The third-order valence-electron chi connectivity index (χ3n) is 3.72. The van der Waals surface area contributed by atoms with Gasteiger partial charge in [-0.25, -0.2) is 13.1 Å². The largest absolute Gasteiger partial charge is 0.396 e. The molecule has 1 aliphatic carbocycles. The number of aliphatic hydroxyl groups is 1. The summed E-state index contributed by atoms with van der Waals surface area (Å²) in [6.45, 7) is 2.04. The molecule has 0 radical (unpaired) electrons. The van der Waals surface area contributed by atoms with Gasteiger partial charge in [0.15, 0.2) is 0 Å². The summed E-state index contributed by atoms with van der Waals surface area (Å²) in [4.78, 5) is 0.294. The molecule has 1 aliphatic rings. The monoisotopic (exact) mass is 283 g/mol. The van der Waals surface area contributed by atoms with Crippen molar-refractivity contribution in [1.82, 2.24) is 4.72 Å². The lowest BCUT2D eigenvalue weighted by Gasteiger charge is -2.24. The summed E-state index contributed by atoms with van der Waals surface area (Å²) >= 11 is 0. The molecule has 2 N–H and O–H groups in total. The number of benzene rings is 1. The average Bonchev–Trinajstić information content (AvgIpc) is 2.76. The van der Waals surface area contributed by atoms with E-state index in [1.807, 2.05) is 6.92 Å². The van der Waals surface area contributed by atoms with Crippen LogP contribution < -0.4 is 4.72 Å². The molecule has 1 aromatic rings. The van der Waals surface area contributed by atoms with Gasteiger partial charge in [-0.15, -0.1) is 0 Å². The third-order valence-corrected chi connectivity index (χ3v) is 5.38. The van der Waals surface area contributed by atoms with Crippen molar-refractivity contribution in [2.45, 2.75) is 49.5 Å². The second-order valence-electron chi connectivity index (χ2n) is 5.49. The fraction of sp³-hybridized carbons (Fsp3) is 0.571. The molecule has 0 bridgehead atoms. The molecule has 5 heteroatoms. The molecule has 106 valence electrons. The SMILES string of the molecule is CC1(NS(=O)(=O)c2ccc(CCO)cc2)CCCC1. The summed E-state index contributed by atoms with van der Waals surface area (Å²) < 4.78 is 27.4.